The number of carbonyl (C=O) groups is 1. The van der Waals surface area contributed by atoms with Crippen LogP contribution in [0.5, 0.6) is 0 Å². The third-order valence-electron chi connectivity index (χ3n) is 2.29. The van der Waals surface area contributed by atoms with E-state index in [4.69, 9.17) is 5.11 Å². The lowest BCUT2D eigenvalue weighted by Gasteiger charge is -1.92. The SMILES string of the molecule is CCC=CCC=CCC=CCCCCC(=O)O. The molecule has 0 unspecified atom stereocenters. The first kappa shape index (κ1) is 15.7. The Balaban J connectivity index is 3.30. The second-order valence-electron chi connectivity index (χ2n) is 3.93. The van der Waals surface area contributed by atoms with Gasteiger partial charge in [-0.2, -0.15) is 0 Å². The molecule has 17 heavy (non-hydrogen) atoms. The Hall–Kier alpha value is -1.31. The summed E-state index contributed by atoms with van der Waals surface area (Å²) >= 11 is 0. The first-order chi connectivity index (χ1) is 8.27. The van der Waals surface area contributed by atoms with E-state index in [-0.39, 0.29) is 6.42 Å². The van der Waals surface area contributed by atoms with Crippen LogP contribution in [-0.2, 0) is 4.79 Å². The van der Waals surface area contributed by atoms with Gasteiger partial charge in [-0.05, 0) is 38.5 Å². The molecule has 0 spiro atoms. The van der Waals surface area contributed by atoms with E-state index >= 15 is 0 Å². The highest BCUT2D eigenvalue weighted by atomic mass is 16.4. The van der Waals surface area contributed by atoms with Crippen molar-refractivity contribution < 1.29 is 9.90 Å². The average Bonchev–Trinajstić information content (AvgIpc) is 2.30. The molecule has 0 rings (SSSR count). The molecule has 96 valence electrons. The molecule has 0 aromatic carbocycles. The maximum Gasteiger partial charge on any atom is 0.303 e. The molecular formula is C15H24O2. The number of carboxylic acid groups (broad SMARTS) is 1. The zero-order valence-corrected chi connectivity index (χ0v) is 10.8. The smallest absolute Gasteiger partial charge is 0.303 e. The summed E-state index contributed by atoms with van der Waals surface area (Å²) in [6, 6.07) is 0. The molecule has 0 bridgehead atoms. The first-order valence-corrected chi connectivity index (χ1v) is 6.44. The molecule has 0 aromatic rings. The summed E-state index contributed by atoms with van der Waals surface area (Å²) < 4.78 is 0. The summed E-state index contributed by atoms with van der Waals surface area (Å²) in [4.78, 5) is 10.2. The molecule has 0 radical (unpaired) electrons. The predicted molar refractivity (Wildman–Crippen MR) is 73.0 cm³/mol. The third-order valence-corrected chi connectivity index (χ3v) is 2.29. The minimum absolute atomic E-state index is 0.289. The van der Waals surface area contributed by atoms with Crippen LogP contribution in [0.4, 0.5) is 0 Å². The summed E-state index contributed by atoms with van der Waals surface area (Å²) in [6.07, 6.45) is 19.0. The van der Waals surface area contributed by atoms with Gasteiger partial charge < -0.3 is 5.11 Å². The van der Waals surface area contributed by atoms with Crippen LogP contribution >= 0.6 is 0 Å². The van der Waals surface area contributed by atoms with Crippen molar-refractivity contribution in [3.8, 4) is 0 Å². The highest BCUT2D eigenvalue weighted by Gasteiger charge is 1.93. The molecular weight excluding hydrogens is 212 g/mol. The van der Waals surface area contributed by atoms with E-state index in [0.29, 0.717) is 0 Å². The molecule has 0 saturated heterocycles. The van der Waals surface area contributed by atoms with Crippen LogP contribution in [-0.4, -0.2) is 11.1 Å². The van der Waals surface area contributed by atoms with Gasteiger partial charge in [0.1, 0.15) is 0 Å². The molecule has 0 aliphatic carbocycles. The van der Waals surface area contributed by atoms with Crippen LogP contribution in [0, 0.1) is 0 Å². The lowest BCUT2D eigenvalue weighted by Crippen LogP contribution is -1.92. The van der Waals surface area contributed by atoms with Gasteiger partial charge in [0.2, 0.25) is 0 Å². The van der Waals surface area contributed by atoms with E-state index in [1.165, 1.54) is 0 Å². The van der Waals surface area contributed by atoms with Crippen molar-refractivity contribution >= 4 is 5.97 Å². The van der Waals surface area contributed by atoms with Crippen LogP contribution < -0.4 is 0 Å². The quantitative estimate of drug-likeness (QED) is 0.448. The van der Waals surface area contributed by atoms with Crippen molar-refractivity contribution in [2.45, 2.75) is 51.9 Å². The van der Waals surface area contributed by atoms with E-state index in [2.05, 4.69) is 43.4 Å². The molecule has 0 aliphatic rings. The Morgan fingerprint density at radius 1 is 0.941 bits per heavy atom. The summed E-state index contributed by atoms with van der Waals surface area (Å²) in [7, 11) is 0. The lowest BCUT2D eigenvalue weighted by atomic mass is 10.2. The number of hydrogen-bond donors (Lipinski definition) is 1. The van der Waals surface area contributed by atoms with Crippen molar-refractivity contribution in [3.63, 3.8) is 0 Å². The summed E-state index contributed by atoms with van der Waals surface area (Å²) in [5.74, 6) is -0.697. The van der Waals surface area contributed by atoms with Crippen LogP contribution in [0.25, 0.3) is 0 Å². The lowest BCUT2D eigenvalue weighted by molar-refractivity contribution is -0.137. The van der Waals surface area contributed by atoms with Crippen molar-refractivity contribution in [1.82, 2.24) is 0 Å². The minimum atomic E-state index is -0.697. The van der Waals surface area contributed by atoms with E-state index < -0.39 is 5.97 Å². The molecule has 0 saturated carbocycles. The van der Waals surface area contributed by atoms with Crippen LogP contribution in [0.3, 0.4) is 0 Å². The highest BCUT2D eigenvalue weighted by Crippen LogP contribution is 2.01. The van der Waals surface area contributed by atoms with Crippen molar-refractivity contribution in [3.05, 3.63) is 36.5 Å². The van der Waals surface area contributed by atoms with E-state index in [1.54, 1.807) is 0 Å². The Morgan fingerprint density at radius 2 is 1.53 bits per heavy atom. The largest absolute Gasteiger partial charge is 0.481 e. The Bertz CT molecular complexity index is 262. The zero-order chi connectivity index (χ0) is 12.8. The van der Waals surface area contributed by atoms with E-state index in [9.17, 15) is 4.79 Å². The van der Waals surface area contributed by atoms with Crippen LogP contribution in [0.2, 0.25) is 0 Å². The summed E-state index contributed by atoms with van der Waals surface area (Å²) in [6.45, 7) is 2.13. The molecule has 0 aromatic heterocycles. The van der Waals surface area contributed by atoms with Gasteiger partial charge in [-0.15, -0.1) is 0 Å². The number of carboxylic acids is 1. The van der Waals surface area contributed by atoms with Crippen molar-refractivity contribution in [2.24, 2.45) is 0 Å². The van der Waals surface area contributed by atoms with Gasteiger partial charge in [0, 0.05) is 6.42 Å². The first-order valence-electron chi connectivity index (χ1n) is 6.44. The second kappa shape index (κ2) is 12.8. The van der Waals surface area contributed by atoms with E-state index in [1.807, 2.05) is 0 Å². The monoisotopic (exact) mass is 236 g/mol. The topological polar surface area (TPSA) is 37.3 Å². The molecule has 0 amide bonds. The van der Waals surface area contributed by atoms with Gasteiger partial charge >= 0.3 is 5.97 Å². The van der Waals surface area contributed by atoms with Gasteiger partial charge in [0.15, 0.2) is 0 Å². The zero-order valence-electron chi connectivity index (χ0n) is 10.8. The minimum Gasteiger partial charge on any atom is -0.481 e. The predicted octanol–water partition coefficient (Wildman–Crippen LogP) is 4.49. The summed E-state index contributed by atoms with van der Waals surface area (Å²) in [5, 5.41) is 8.44. The van der Waals surface area contributed by atoms with Gasteiger partial charge in [0.05, 0.1) is 0 Å². The maximum absolute atomic E-state index is 10.2. The number of hydrogen-bond acceptors (Lipinski definition) is 1. The Labute approximate surface area is 105 Å². The van der Waals surface area contributed by atoms with Gasteiger partial charge in [0.25, 0.3) is 0 Å². The fourth-order valence-electron chi connectivity index (χ4n) is 1.36. The molecule has 0 heterocycles. The van der Waals surface area contributed by atoms with Gasteiger partial charge in [-0.1, -0.05) is 43.4 Å². The standard InChI is InChI=1S/C15H24O2/c1-2-3-4-5-6-7-8-9-10-11-12-13-14-15(16)17/h3-4,6-7,9-10H,2,5,8,11-14H2,1H3,(H,16,17). The molecule has 1 N–H and O–H groups in total. The van der Waals surface area contributed by atoms with Crippen molar-refractivity contribution in [1.29, 1.82) is 0 Å². The van der Waals surface area contributed by atoms with Gasteiger partial charge in [-0.25, -0.2) is 0 Å². The second-order valence-corrected chi connectivity index (χ2v) is 3.93. The molecule has 0 aliphatic heterocycles. The number of allylic oxidation sites excluding steroid dienone is 6. The number of unbranched alkanes of at least 4 members (excludes halogenated alkanes) is 2. The number of rotatable bonds is 10. The molecule has 2 heteroatoms. The Morgan fingerprint density at radius 3 is 2.12 bits per heavy atom. The molecule has 0 atom stereocenters. The normalized spacial score (nSPS) is 12.1. The fourth-order valence-corrected chi connectivity index (χ4v) is 1.36. The van der Waals surface area contributed by atoms with Crippen LogP contribution in [0.1, 0.15) is 51.9 Å². The average molecular weight is 236 g/mol. The van der Waals surface area contributed by atoms with Crippen LogP contribution in [0.15, 0.2) is 36.5 Å². The van der Waals surface area contributed by atoms with Gasteiger partial charge in [-0.3, -0.25) is 4.79 Å². The maximum atomic E-state index is 10.2. The fraction of sp³-hybridized carbons (Fsp3) is 0.533. The molecule has 0 fully saturated rings. The third kappa shape index (κ3) is 14.7. The molecule has 2 nitrogen and oxygen atoms in total. The Kier molecular flexibility index (Phi) is 11.8. The number of aliphatic carboxylic acids is 1. The summed E-state index contributed by atoms with van der Waals surface area (Å²) in [5.41, 5.74) is 0. The highest BCUT2D eigenvalue weighted by molar-refractivity contribution is 5.66. The van der Waals surface area contributed by atoms with Crippen molar-refractivity contribution in [2.75, 3.05) is 0 Å². The van der Waals surface area contributed by atoms with E-state index in [0.717, 1.165) is 38.5 Å².